The average molecular weight is 283 g/mol. The second-order valence-corrected chi connectivity index (χ2v) is 4.07. The number of methoxy groups -OCH3 is 4. The van der Waals surface area contributed by atoms with E-state index in [0.717, 1.165) is 5.56 Å². The number of amides is 1. The summed E-state index contributed by atoms with van der Waals surface area (Å²) in [6.07, 6.45) is 0.597. The van der Waals surface area contributed by atoms with Crippen molar-refractivity contribution in [3.05, 3.63) is 11.6 Å². The summed E-state index contributed by atoms with van der Waals surface area (Å²) in [6, 6.07) is 1.82. The van der Waals surface area contributed by atoms with E-state index in [2.05, 4.69) is 5.32 Å². The van der Waals surface area contributed by atoms with Gasteiger partial charge in [-0.15, -0.1) is 0 Å². The van der Waals surface area contributed by atoms with Crippen LogP contribution in [0.1, 0.15) is 12.5 Å². The minimum atomic E-state index is -0.0728. The lowest BCUT2D eigenvalue weighted by Crippen LogP contribution is -2.22. The molecule has 0 atom stereocenters. The SMILES string of the molecule is COc1cc(CCNC(C)=O)c(OC)c(OC)c1OC. The average Bonchev–Trinajstić information content (AvgIpc) is 2.44. The first-order valence-electron chi connectivity index (χ1n) is 6.19. The number of ether oxygens (including phenoxy) is 4. The van der Waals surface area contributed by atoms with E-state index < -0.39 is 0 Å². The van der Waals surface area contributed by atoms with Gasteiger partial charge in [0.1, 0.15) is 0 Å². The monoisotopic (exact) mass is 283 g/mol. The zero-order valence-corrected chi connectivity index (χ0v) is 12.5. The van der Waals surface area contributed by atoms with Gasteiger partial charge in [-0.2, -0.15) is 0 Å². The maximum absolute atomic E-state index is 10.9. The van der Waals surface area contributed by atoms with Crippen LogP contribution in [0.5, 0.6) is 23.0 Å². The second-order valence-electron chi connectivity index (χ2n) is 4.07. The fourth-order valence-corrected chi connectivity index (χ4v) is 1.96. The Morgan fingerprint density at radius 2 is 1.60 bits per heavy atom. The Morgan fingerprint density at radius 1 is 1.00 bits per heavy atom. The third kappa shape index (κ3) is 3.46. The van der Waals surface area contributed by atoms with Crippen LogP contribution in [0.3, 0.4) is 0 Å². The van der Waals surface area contributed by atoms with Gasteiger partial charge in [0.15, 0.2) is 11.5 Å². The van der Waals surface area contributed by atoms with Crippen LogP contribution in [0.25, 0.3) is 0 Å². The summed E-state index contributed by atoms with van der Waals surface area (Å²) < 4.78 is 21.3. The predicted octanol–water partition coefficient (Wildman–Crippen LogP) is 1.40. The summed E-state index contributed by atoms with van der Waals surface area (Å²) in [7, 11) is 6.20. The molecule has 0 heterocycles. The molecule has 0 saturated carbocycles. The maximum atomic E-state index is 10.9. The van der Waals surface area contributed by atoms with Gasteiger partial charge < -0.3 is 24.3 Å². The summed E-state index contributed by atoms with van der Waals surface area (Å²) in [5.41, 5.74) is 0.871. The quantitative estimate of drug-likeness (QED) is 0.819. The molecule has 112 valence electrons. The third-order valence-electron chi connectivity index (χ3n) is 2.83. The van der Waals surface area contributed by atoms with Crippen molar-refractivity contribution in [1.82, 2.24) is 5.32 Å². The Bertz CT molecular complexity index is 473. The molecule has 0 radical (unpaired) electrons. The van der Waals surface area contributed by atoms with Gasteiger partial charge in [-0.05, 0) is 12.5 Å². The topological polar surface area (TPSA) is 66.0 Å². The molecule has 1 rings (SSSR count). The van der Waals surface area contributed by atoms with Gasteiger partial charge in [-0.25, -0.2) is 0 Å². The molecular weight excluding hydrogens is 262 g/mol. The second kappa shape index (κ2) is 7.47. The highest BCUT2D eigenvalue weighted by atomic mass is 16.5. The van der Waals surface area contributed by atoms with Crippen molar-refractivity contribution >= 4 is 5.91 Å². The number of benzene rings is 1. The standard InChI is InChI=1S/C14H21NO5/c1-9(16)15-7-6-10-8-11(17-2)13(19-4)14(20-5)12(10)18-3/h8H,6-7H2,1-5H3,(H,15,16). The fraction of sp³-hybridized carbons (Fsp3) is 0.500. The molecule has 1 amide bonds. The van der Waals surface area contributed by atoms with E-state index in [4.69, 9.17) is 18.9 Å². The minimum Gasteiger partial charge on any atom is -0.493 e. The van der Waals surface area contributed by atoms with E-state index in [9.17, 15) is 4.79 Å². The Labute approximate surface area is 119 Å². The number of hydrogen-bond acceptors (Lipinski definition) is 5. The molecule has 20 heavy (non-hydrogen) atoms. The van der Waals surface area contributed by atoms with Crippen molar-refractivity contribution in [2.45, 2.75) is 13.3 Å². The van der Waals surface area contributed by atoms with Crippen LogP contribution in [-0.2, 0) is 11.2 Å². The van der Waals surface area contributed by atoms with Crippen LogP contribution in [0, 0.1) is 0 Å². The van der Waals surface area contributed by atoms with Gasteiger partial charge in [-0.1, -0.05) is 0 Å². The largest absolute Gasteiger partial charge is 0.493 e. The highest BCUT2D eigenvalue weighted by Gasteiger charge is 2.21. The van der Waals surface area contributed by atoms with Gasteiger partial charge in [0.2, 0.25) is 17.4 Å². The molecular formula is C14H21NO5. The molecule has 0 aliphatic rings. The molecule has 0 aromatic heterocycles. The first-order valence-corrected chi connectivity index (χ1v) is 6.19. The lowest BCUT2D eigenvalue weighted by atomic mass is 10.1. The zero-order valence-electron chi connectivity index (χ0n) is 12.5. The van der Waals surface area contributed by atoms with E-state index >= 15 is 0 Å². The van der Waals surface area contributed by atoms with Crippen molar-refractivity contribution in [3.63, 3.8) is 0 Å². The van der Waals surface area contributed by atoms with Gasteiger partial charge in [0.25, 0.3) is 0 Å². The molecule has 1 N–H and O–H groups in total. The molecule has 0 aliphatic heterocycles. The number of nitrogens with one attached hydrogen (secondary N) is 1. The van der Waals surface area contributed by atoms with Crippen LogP contribution < -0.4 is 24.3 Å². The molecule has 6 heteroatoms. The van der Waals surface area contributed by atoms with E-state index in [1.807, 2.05) is 6.07 Å². The summed E-state index contributed by atoms with van der Waals surface area (Å²) in [5, 5.41) is 2.74. The Kier molecular flexibility index (Phi) is 5.96. The number of carbonyl (C=O) groups excluding carboxylic acids is 1. The predicted molar refractivity (Wildman–Crippen MR) is 75.0 cm³/mol. The summed E-state index contributed by atoms with van der Waals surface area (Å²) in [4.78, 5) is 10.9. The van der Waals surface area contributed by atoms with E-state index in [0.29, 0.717) is 36.0 Å². The van der Waals surface area contributed by atoms with Crippen molar-refractivity contribution < 1.29 is 23.7 Å². The molecule has 1 aromatic rings. The van der Waals surface area contributed by atoms with Gasteiger partial charge >= 0.3 is 0 Å². The first-order chi connectivity index (χ1) is 9.58. The van der Waals surface area contributed by atoms with Crippen molar-refractivity contribution in [1.29, 1.82) is 0 Å². The molecule has 0 bridgehead atoms. The molecule has 1 aromatic carbocycles. The van der Waals surface area contributed by atoms with Crippen LogP contribution >= 0.6 is 0 Å². The van der Waals surface area contributed by atoms with Crippen molar-refractivity contribution in [3.8, 4) is 23.0 Å². The molecule has 0 spiro atoms. The van der Waals surface area contributed by atoms with Crippen LogP contribution in [0.4, 0.5) is 0 Å². The highest BCUT2D eigenvalue weighted by Crippen LogP contribution is 2.46. The highest BCUT2D eigenvalue weighted by molar-refractivity contribution is 5.72. The molecule has 6 nitrogen and oxygen atoms in total. The summed E-state index contributed by atoms with van der Waals surface area (Å²) in [5.74, 6) is 2.03. The zero-order chi connectivity index (χ0) is 15.1. The van der Waals surface area contributed by atoms with Gasteiger partial charge in [-0.3, -0.25) is 4.79 Å². The van der Waals surface area contributed by atoms with E-state index in [1.54, 1.807) is 14.2 Å². The normalized spacial score (nSPS) is 9.85. The van der Waals surface area contributed by atoms with Crippen molar-refractivity contribution in [2.75, 3.05) is 35.0 Å². The summed E-state index contributed by atoms with van der Waals surface area (Å²) >= 11 is 0. The van der Waals surface area contributed by atoms with E-state index in [-0.39, 0.29) is 5.91 Å². The maximum Gasteiger partial charge on any atom is 0.216 e. The molecule has 0 fully saturated rings. The molecule has 0 aliphatic carbocycles. The third-order valence-corrected chi connectivity index (χ3v) is 2.83. The minimum absolute atomic E-state index is 0.0728. The number of rotatable bonds is 7. The molecule has 0 saturated heterocycles. The van der Waals surface area contributed by atoms with Crippen LogP contribution in [0.2, 0.25) is 0 Å². The van der Waals surface area contributed by atoms with Crippen LogP contribution in [0.15, 0.2) is 6.07 Å². The number of carbonyl (C=O) groups is 1. The fourth-order valence-electron chi connectivity index (χ4n) is 1.96. The molecule has 0 unspecified atom stereocenters. The Hall–Kier alpha value is -2.11. The van der Waals surface area contributed by atoms with Crippen molar-refractivity contribution in [2.24, 2.45) is 0 Å². The van der Waals surface area contributed by atoms with Gasteiger partial charge in [0.05, 0.1) is 28.4 Å². The Morgan fingerprint density at radius 3 is 2.05 bits per heavy atom. The first kappa shape index (κ1) is 15.9. The summed E-state index contributed by atoms with van der Waals surface area (Å²) in [6.45, 7) is 1.98. The lowest BCUT2D eigenvalue weighted by molar-refractivity contribution is -0.118. The Balaban J connectivity index is 3.18. The van der Waals surface area contributed by atoms with Gasteiger partial charge in [0, 0.05) is 19.0 Å². The number of hydrogen-bond donors (Lipinski definition) is 1. The van der Waals surface area contributed by atoms with Crippen LogP contribution in [-0.4, -0.2) is 40.9 Å². The lowest BCUT2D eigenvalue weighted by Gasteiger charge is -2.18. The smallest absolute Gasteiger partial charge is 0.216 e. The van der Waals surface area contributed by atoms with E-state index in [1.165, 1.54) is 21.1 Å².